The number of alkyl halides is 3. The Morgan fingerprint density at radius 3 is 2.31 bits per heavy atom. The van der Waals surface area contributed by atoms with Crippen molar-refractivity contribution in [3.63, 3.8) is 0 Å². The summed E-state index contributed by atoms with van der Waals surface area (Å²) in [5.41, 5.74) is -0.895. The number of fused-ring (bicyclic) bond motifs is 1. The highest BCUT2D eigenvalue weighted by atomic mass is 19.4. The van der Waals surface area contributed by atoms with Crippen molar-refractivity contribution < 1.29 is 40.6 Å². The molecule has 1 N–H and O–H groups in total. The van der Waals surface area contributed by atoms with Crippen molar-refractivity contribution in [1.82, 2.24) is 4.98 Å². The van der Waals surface area contributed by atoms with Gasteiger partial charge in [-0.3, -0.25) is 4.79 Å². The van der Waals surface area contributed by atoms with Crippen LogP contribution in [0.15, 0.2) is 16.5 Å². The number of amides is 1. The van der Waals surface area contributed by atoms with Crippen LogP contribution in [0.1, 0.15) is 49.4 Å². The standard InChI is InChI=1S/C24H26F5N3O4/c1-11-9-32(10-12(2)34-11)23-31-20(19(36-23)8-24(27,28)29)22(33)30-15-6-17(25)21(18(26)7-15)35-16-4-13-3-14(13)5-16/h6-7,11-14,16H,3-5,8-10H2,1-2H3,(H,30,33)/t11?,12?,13-,14?,16?/m0/s1. The lowest BCUT2D eigenvalue weighted by molar-refractivity contribution is -0.130. The van der Waals surface area contributed by atoms with E-state index < -0.39 is 47.3 Å². The molecule has 1 aromatic carbocycles. The molecule has 5 rings (SSSR count). The second-order valence-electron chi connectivity index (χ2n) is 9.91. The lowest BCUT2D eigenvalue weighted by atomic mass is 10.2. The number of rotatable bonds is 6. The number of halogens is 5. The van der Waals surface area contributed by atoms with Crippen LogP contribution in [0.25, 0.3) is 0 Å². The number of carbonyl (C=O) groups is 1. The van der Waals surface area contributed by atoms with E-state index in [0.29, 0.717) is 24.9 Å². The number of benzene rings is 1. The number of aromatic nitrogens is 1. The number of oxazole rings is 1. The minimum absolute atomic E-state index is 0.155. The van der Waals surface area contributed by atoms with Gasteiger partial charge in [-0.1, -0.05) is 0 Å². The van der Waals surface area contributed by atoms with E-state index in [1.54, 1.807) is 18.7 Å². The maximum absolute atomic E-state index is 14.6. The van der Waals surface area contributed by atoms with E-state index in [4.69, 9.17) is 13.9 Å². The summed E-state index contributed by atoms with van der Waals surface area (Å²) in [6, 6.07) is 1.57. The SMILES string of the molecule is CC1CN(c2nc(C(=O)Nc3cc(F)c(OC4CC5C[C@H]5C4)c(F)c3)c(CC(F)(F)F)o2)CC(C)O1. The molecule has 1 amide bonds. The molecule has 3 fully saturated rings. The third-order valence-electron chi connectivity index (χ3n) is 6.69. The zero-order valence-corrected chi connectivity index (χ0v) is 19.7. The number of nitrogens with one attached hydrogen (secondary N) is 1. The van der Waals surface area contributed by atoms with Gasteiger partial charge in [-0.15, -0.1) is 0 Å². The second-order valence-corrected chi connectivity index (χ2v) is 9.91. The van der Waals surface area contributed by atoms with E-state index >= 15 is 0 Å². The monoisotopic (exact) mass is 515 g/mol. The number of hydrogen-bond acceptors (Lipinski definition) is 6. The van der Waals surface area contributed by atoms with Gasteiger partial charge in [-0.25, -0.2) is 8.78 Å². The molecule has 4 unspecified atom stereocenters. The average molecular weight is 515 g/mol. The Hall–Kier alpha value is -2.89. The zero-order valence-electron chi connectivity index (χ0n) is 19.7. The molecule has 0 spiro atoms. The molecule has 3 aliphatic rings. The Balaban J connectivity index is 1.35. The molecule has 2 aromatic rings. The molecule has 36 heavy (non-hydrogen) atoms. The molecule has 0 bridgehead atoms. The fraction of sp³-hybridized carbons (Fsp3) is 0.583. The van der Waals surface area contributed by atoms with Crippen LogP contribution >= 0.6 is 0 Å². The van der Waals surface area contributed by atoms with Crippen molar-refractivity contribution in [2.24, 2.45) is 11.8 Å². The second kappa shape index (κ2) is 9.20. The number of hydrogen-bond donors (Lipinski definition) is 1. The van der Waals surface area contributed by atoms with Crippen molar-refractivity contribution in [3.05, 3.63) is 35.2 Å². The van der Waals surface area contributed by atoms with Crippen molar-refractivity contribution >= 4 is 17.6 Å². The Labute approximate surface area is 203 Å². The number of anilines is 2. The quantitative estimate of drug-likeness (QED) is 0.540. The summed E-state index contributed by atoms with van der Waals surface area (Å²) in [7, 11) is 0. The molecule has 2 aliphatic carbocycles. The number of morpholine rings is 1. The lowest BCUT2D eigenvalue weighted by Gasteiger charge is -2.34. The third kappa shape index (κ3) is 5.42. The van der Waals surface area contributed by atoms with Crippen LogP contribution in [0.5, 0.6) is 5.75 Å². The first-order chi connectivity index (χ1) is 16.9. The van der Waals surface area contributed by atoms with Gasteiger partial charge in [0.2, 0.25) is 0 Å². The maximum atomic E-state index is 14.6. The van der Waals surface area contributed by atoms with Crippen molar-refractivity contribution in [2.75, 3.05) is 23.3 Å². The van der Waals surface area contributed by atoms with Crippen molar-refractivity contribution in [3.8, 4) is 5.75 Å². The lowest BCUT2D eigenvalue weighted by Crippen LogP contribution is -2.45. The summed E-state index contributed by atoms with van der Waals surface area (Å²) in [6.07, 6.45) is -4.30. The Bertz CT molecular complexity index is 1110. The number of nitrogens with zero attached hydrogens (tertiary/aromatic N) is 2. The molecule has 2 heterocycles. The molecular weight excluding hydrogens is 489 g/mol. The van der Waals surface area contributed by atoms with Crippen LogP contribution in [0.4, 0.5) is 33.7 Å². The molecule has 2 saturated carbocycles. The predicted molar refractivity (Wildman–Crippen MR) is 118 cm³/mol. The molecule has 1 saturated heterocycles. The molecule has 1 aliphatic heterocycles. The first kappa shape index (κ1) is 24.8. The summed E-state index contributed by atoms with van der Waals surface area (Å²) in [5.74, 6) is -3.22. The van der Waals surface area contributed by atoms with E-state index in [1.165, 1.54) is 0 Å². The van der Waals surface area contributed by atoms with Crippen LogP contribution in [0.3, 0.4) is 0 Å². The molecule has 0 radical (unpaired) electrons. The summed E-state index contributed by atoms with van der Waals surface area (Å²) < 4.78 is 85.2. The van der Waals surface area contributed by atoms with Crippen LogP contribution in [0.2, 0.25) is 0 Å². The average Bonchev–Trinajstić information content (AvgIpc) is 3.16. The van der Waals surface area contributed by atoms with E-state index in [0.717, 1.165) is 31.4 Å². The van der Waals surface area contributed by atoms with E-state index in [2.05, 4.69) is 10.3 Å². The summed E-state index contributed by atoms with van der Waals surface area (Å²) in [5, 5.41) is 2.23. The molecule has 1 aromatic heterocycles. The molecule has 7 nitrogen and oxygen atoms in total. The van der Waals surface area contributed by atoms with Crippen LogP contribution in [-0.2, 0) is 11.2 Å². The van der Waals surface area contributed by atoms with Gasteiger partial charge in [0.25, 0.3) is 11.9 Å². The van der Waals surface area contributed by atoms with E-state index in [-0.39, 0.29) is 30.0 Å². The fourth-order valence-electron chi connectivity index (χ4n) is 5.15. The van der Waals surface area contributed by atoms with Crippen LogP contribution < -0.4 is 15.0 Å². The summed E-state index contributed by atoms with van der Waals surface area (Å²) in [6.45, 7) is 4.19. The Kier molecular flexibility index (Phi) is 6.34. The third-order valence-corrected chi connectivity index (χ3v) is 6.69. The topological polar surface area (TPSA) is 76.8 Å². The van der Waals surface area contributed by atoms with Gasteiger partial charge < -0.3 is 24.1 Å². The van der Waals surface area contributed by atoms with E-state index in [9.17, 15) is 26.7 Å². The molecule has 12 heteroatoms. The van der Waals surface area contributed by atoms with Crippen molar-refractivity contribution in [2.45, 2.75) is 64.0 Å². The van der Waals surface area contributed by atoms with Gasteiger partial charge in [0.1, 0.15) is 12.2 Å². The van der Waals surface area contributed by atoms with Crippen molar-refractivity contribution in [1.29, 1.82) is 0 Å². The Morgan fingerprint density at radius 2 is 1.72 bits per heavy atom. The maximum Gasteiger partial charge on any atom is 0.396 e. The number of carbonyl (C=O) groups excluding carboxylic acids is 1. The predicted octanol–water partition coefficient (Wildman–Crippen LogP) is 5.10. The summed E-state index contributed by atoms with van der Waals surface area (Å²) >= 11 is 0. The highest BCUT2D eigenvalue weighted by Crippen LogP contribution is 2.52. The van der Waals surface area contributed by atoms with Gasteiger partial charge in [0, 0.05) is 30.9 Å². The molecule has 196 valence electrons. The first-order valence-corrected chi connectivity index (χ1v) is 11.9. The van der Waals surface area contributed by atoms with Crippen LogP contribution in [-0.4, -0.2) is 48.5 Å². The summed E-state index contributed by atoms with van der Waals surface area (Å²) in [4.78, 5) is 18.4. The largest absolute Gasteiger partial charge is 0.484 e. The first-order valence-electron chi connectivity index (χ1n) is 11.9. The van der Waals surface area contributed by atoms with Gasteiger partial charge in [-0.2, -0.15) is 18.2 Å². The van der Waals surface area contributed by atoms with Crippen LogP contribution in [0, 0.1) is 23.5 Å². The van der Waals surface area contributed by atoms with Gasteiger partial charge >= 0.3 is 6.18 Å². The highest BCUT2D eigenvalue weighted by molar-refractivity contribution is 6.03. The Morgan fingerprint density at radius 1 is 1.11 bits per heavy atom. The van der Waals surface area contributed by atoms with Gasteiger partial charge in [0.15, 0.2) is 23.1 Å². The number of ether oxygens (including phenoxy) is 2. The molecular formula is C24H26F5N3O4. The fourth-order valence-corrected chi connectivity index (χ4v) is 5.15. The van der Waals surface area contributed by atoms with E-state index in [1.807, 2.05) is 0 Å². The minimum Gasteiger partial charge on any atom is -0.484 e. The smallest absolute Gasteiger partial charge is 0.396 e. The normalized spacial score (nSPS) is 27.6. The molecule has 5 atom stereocenters. The zero-order chi connectivity index (χ0) is 25.8. The van der Waals surface area contributed by atoms with Gasteiger partial charge in [0.05, 0.1) is 18.3 Å². The van der Waals surface area contributed by atoms with Gasteiger partial charge in [-0.05, 0) is 44.9 Å². The highest BCUT2D eigenvalue weighted by Gasteiger charge is 2.47. The minimum atomic E-state index is -4.67.